The zero-order valence-corrected chi connectivity index (χ0v) is 9.56. The van der Waals surface area contributed by atoms with Gasteiger partial charge in [0.1, 0.15) is 11.5 Å². The predicted molar refractivity (Wildman–Crippen MR) is 57.4 cm³/mol. The van der Waals surface area contributed by atoms with Crippen LogP contribution in [0.15, 0.2) is 23.4 Å². The third-order valence-electron chi connectivity index (χ3n) is 1.90. The van der Waals surface area contributed by atoms with Gasteiger partial charge >= 0.3 is 5.97 Å². The highest BCUT2D eigenvalue weighted by molar-refractivity contribution is 7.99. The number of carboxylic acid groups (broad SMARTS) is 1. The van der Waals surface area contributed by atoms with Crippen LogP contribution in [0.25, 0.3) is 5.69 Å². The molecule has 9 heteroatoms. The minimum absolute atomic E-state index is 0.0470. The first kappa shape index (κ1) is 12.4. The van der Waals surface area contributed by atoms with E-state index >= 15 is 0 Å². The number of tetrazole rings is 1. The standard InChI is InChI=1S/C9H6F2N4O2S/c10-5-1-2-7(6(11)3-5)15-9(12-13-14-15)18-4-8(16)17/h1-3H,4H2,(H,16,17). The molecule has 0 bridgehead atoms. The van der Waals surface area contributed by atoms with Crippen LogP contribution in [0.2, 0.25) is 0 Å². The second kappa shape index (κ2) is 5.08. The van der Waals surface area contributed by atoms with E-state index in [0.717, 1.165) is 22.5 Å². The summed E-state index contributed by atoms with van der Waals surface area (Å²) in [5, 5.41) is 19.1. The molecule has 0 aliphatic heterocycles. The Morgan fingerprint density at radius 2 is 2.22 bits per heavy atom. The van der Waals surface area contributed by atoms with Gasteiger partial charge in [0, 0.05) is 6.07 Å². The molecule has 94 valence electrons. The number of aromatic nitrogens is 4. The largest absolute Gasteiger partial charge is 0.481 e. The molecule has 6 nitrogen and oxygen atoms in total. The van der Waals surface area contributed by atoms with Crippen molar-refractivity contribution in [2.24, 2.45) is 0 Å². The van der Waals surface area contributed by atoms with Gasteiger partial charge in [0.15, 0.2) is 5.82 Å². The minimum atomic E-state index is -1.05. The molecule has 0 amide bonds. The molecule has 0 spiro atoms. The molecule has 18 heavy (non-hydrogen) atoms. The lowest BCUT2D eigenvalue weighted by Gasteiger charge is -2.04. The van der Waals surface area contributed by atoms with Crippen LogP contribution < -0.4 is 0 Å². The van der Waals surface area contributed by atoms with Gasteiger partial charge in [-0.05, 0) is 22.6 Å². The van der Waals surface area contributed by atoms with Crippen LogP contribution in [-0.4, -0.2) is 37.0 Å². The zero-order valence-electron chi connectivity index (χ0n) is 8.75. The van der Waals surface area contributed by atoms with Gasteiger partial charge in [-0.1, -0.05) is 11.8 Å². The van der Waals surface area contributed by atoms with Crippen LogP contribution >= 0.6 is 11.8 Å². The van der Waals surface area contributed by atoms with Gasteiger partial charge in [0.05, 0.1) is 5.75 Å². The lowest BCUT2D eigenvalue weighted by atomic mass is 10.3. The van der Waals surface area contributed by atoms with Crippen LogP contribution in [0.1, 0.15) is 0 Å². The summed E-state index contributed by atoms with van der Waals surface area (Å²) < 4.78 is 27.3. The van der Waals surface area contributed by atoms with Crippen molar-refractivity contribution >= 4 is 17.7 Å². The number of rotatable bonds is 4. The van der Waals surface area contributed by atoms with Crippen LogP contribution in [-0.2, 0) is 4.79 Å². The fourth-order valence-corrected chi connectivity index (χ4v) is 1.80. The number of carbonyl (C=O) groups is 1. The molecule has 0 aliphatic carbocycles. The van der Waals surface area contributed by atoms with Crippen LogP contribution in [0.3, 0.4) is 0 Å². The van der Waals surface area contributed by atoms with E-state index in [0.29, 0.717) is 6.07 Å². The Hall–Kier alpha value is -2.03. The zero-order chi connectivity index (χ0) is 13.1. The summed E-state index contributed by atoms with van der Waals surface area (Å²) in [6, 6.07) is 2.93. The predicted octanol–water partition coefficient (Wildman–Crippen LogP) is 1.12. The molecule has 1 aromatic carbocycles. The van der Waals surface area contributed by atoms with Crippen molar-refractivity contribution in [3.8, 4) is 5.69 Å². The molecule has 0 aliphatic rings. The molecular formula is C9H6F2N4O2S. The minimum Gasteiger partial charge on any atom is -0.481 e. The third-order valence-corrected chi connectivity index (χ3v) is 2.81. The van der Waals surface area contributed by atoms with Gasteiger partial charge in [-0.2, -0.15) is 4.68 Å². The summed E-state index contributed by atoms with van der Waals surface area (Å²) in [7, 11) is 0. The number of hydrogen-bond donors (Lipinski definition) is 1. The van der Waals surface area contributed by atoms with Gasteiger partial charge in [-0.25, -0.2) is 8.78 Å². The first-order valence-electron chi connectivity index (χ1n) is 4.66. The molecule has 0 saturated heterocycles. The average molecular weight is 272 g/mol. The maximum absolute atomic E-state index is 13.5. The van der Waals surface area contributed by atoms with Crippen molar-refractivity contribution in [3.63, 3.8) is 0 Å². The quantitative estimate of drug-likeness (QED) is 0.840. The topological polar surface area (TPSA) is 80.9 Å². The monoisotopic (exact) mass is 272 g/mol. The van der Waals surface area contributed by atoms with Crippen molar-refractivity contribution < 1.29 is 18.7 Å². The maximum atomic E-state index is 13.5. The van der Waals surface area contributed by atoms with Crippen LogP contribution in [0.5, 0.6) is 0 Å². The number of hydrogen-bond acceptors (Lipinski definition) is 5. The van der Waals surface area contributed by atoms with E-state index in [9.17, 15) is 13.6 Å². The van der Waals surface area contributed by atoms with E-state index in [2.05, 4.69) is 15.5 Å². The highest BCUT2D eigenvalue weighted by Gasteiger charge is 2.14. The molecule has 2 aromatic rings. The Morgan fingerprint density at radius 1 is 1.44 bits per heavy atom. The number of carboxylic acids is 1. The van der Waals surface area contributed by atoms with E-state index in [-0.39, 0.29) is 16.6 Å². The van der Waals surface area contributed by atoms with Gasteiger partial charge in [-0.15, -0.1) is 5.10 Å². The van der Waals surface area contributed by atoms with Gasteiger partial charge in [0.25, 0.3) is 0 Å². The molecule has 0 fully saturated rings. The summed E-state index contributed by atoms with van der Waals surface area (Å²) in [6.07, 6.45) is 0. The van der Waals surface area contributed by atoms with Gasteiger partial charge < -0.3 is 5.11 Å². The normalized spacial score (nSPS) is 10.6. The molecule has 0 atom stereocenters. The second-order valence-electron chi connectivity index (χ2n) is 3.15. The van der Waals surface area contributed by atoms with Crippen molar-refractivity contribution in [1.82, 2.24) is 20.2 Å². The Kier molecular flexibility index (Phi) is 3.51. The Bertz CT molecular complexity index is 590. The molecule has 1 aromatic heterocycles. The Balaban J connectivity index is 2.33. The molecule has 1 heterocycles. The first-order valence-corrected chi connectivity index (χ1v) is 5.65. The van der Waals surface area contributed by atoms with Gasteiger partial charge in [-0.3, -0.25) is 4.79 Å². The van der Waals surface area contributed by atoms with E-state index in [4.69, 9.17) is 5.11 Å². The second-order valence-corrected chi connectivity index (χ2v) is 4.09. The molecule has 2 rings (SSSR count). The van der Waals surface area contributed by atoms with Crippen LogP contribution in [0, 0.1) is 11.6 Å². The van der Waals surface area contributed by atoms with Crippen LogP contribution in [0.4, 0.5) is 8.78 Å². The first-order chi connectivity index (χ1) is 8.58. The highest BCUT2D eigenvalue weighted by atomic mass is 32.2. The lowest BCUT2D eigenvalue weighted by Crippen LogP contribution is -2.05. The van der Waals surface area contributed by atoms with E-state index in [1.54, 1.807) is 0 Å². The van der Waals surface area contributed by atoms with Gasteiger partial charge in [0.2, 0.25) is 5.16 Å². The number of benzene rings is 1. The summed E-state index contributed by atoms with van der Waals surface area (Å²) in [6.45, 7) is 0. The smallest absolute Gasteiger partial charge is 0.313 e. The molecule has 0 saturated carbocycles. The summed E-state index contributed by atoms with van der Waals surface area (Å²) in [4.78, 5) is 10.4. The molecular weight excluding hydrogens is 266 g/mol. The van der Waals surface area contributed by atoms with E-state index in [1.165, 1.54) is 6.07 Å². The summed E-state index contributed by atoms with van der Waals surface area (Å²) >= 11 is 0.836. The van der Waals surface area contributed by atoms with E-state index < -0.39 is 17.6 Å². The summed E-state index contributed by atoms with van der Waals surface area (Å²) in [5.41, 5.74) is -0.0470. The SMILES string of the molecule is O=C(O)CSc1nnnn1-c1ccc(F)cc1F. The lowest BCUT2D eigenvalue weighted by molar-refractivity contribution is -0.133. The molecule has 0 unspecified atom stereocenters. The van der Waals surface area contributed by atoms with Crippen molar-refractivity contribution in [2.45, 2.75) is 5.16 Å². The number of thioether (sulfide) groups is 1. The van der Waals surface area contributed by atoms with Crippen molar-refractivity contribution in [3.05, 3.63) is 29.8 Å². The average Bonchev–Trinajstić information content (AvgIpc) is 2.74. The van der Waals surface area contributed by atoms with Crippen molar-refractivity contribution in [1.29, 1.82) is 0 Å². The fraction of sp³-hybridized carbons (Fsp3) is 0.111. The number of halogens is 2. The highest BCUT2D eigenvalue weighted by Crippen LogP contribution is 2.20. The number of aliphatic carboxylic acids is 1. The maximum Gasteiger partial charge on any atom is 0.313 e. The molecule has 0 radical (unpaired) electrons. The summed E-state index contributed by atoms with van der Waals surface area (Å²) in [5.74, 6) is -2.86. The van der Waals surface area contributed by atoms with E-state index in [1.807, 2.05) is 0 Å². The third kappa shape index (κ3) is 2.62. The fourth-order valence-electron chi connectivity index (χ4n) is 1.20. The Morgan fingerprint density at radius 3 is 2.89 bits per heavy atom. The molecule has 1 N–H and O–H groups in total. The number of nitrogens with zero attached hydrogens (tertiary/aromatic N) is 4. The Labute approximate surface area is 104 Å². The van der Waals surface area contributed by atoms with Crippen molar-refractivity contribution in [2.75, 3.05) is 5.75 Å².